The van der Waals surface area contributed by atoms with Crippen LogP contribution in [0.25, 0.3) is 130 Å². The molecule has 2 aromatic heterocycles. The van der Waals surface area contributed by atoms with Crippen LogP contribution < -0.4 is 5.46 Å². The van der Waals surface area contributed by atoms with Crippen molar-refractivity contribution in [1.29, 1.82) is 0 Å². The largest absolute Gasteiger partial charge is 0.494 e. The van der Waals surface area contributed by atoms with Gasteiger partial charge in [0.15, 0.2) is 0 Å². The Morgan fingerprint density at radius 1 is 0.256 bits per heavy atom. The molecule has 5 heterocycles. The van der Waals surface area contributed by atoms with Gasteiger partial charge in [-0.05, 0) is 248 Å². The first kappa shape index (κ1) is 55.3. The van der Waals surface area contributed by atoms with Gasteiger partial charge in [-0.25, -0.2) is 0 Å². The van der Waals surface area contributed by atoms with Gasteiger partial charge in [-0.15, -0.1) is 0 Å². The molecular weight excluding hydrogens is 1130 g/mol. The molecule has 0 atom stereocenters. The van der Waals surface area contributed by atoms with Crippen molar-refractivity contribution in [1.82, 2.24) is 0 Å². The second kappa shape index (κ2) is 19.4. The number of fused-ring (bicyclic) bond motifs is 20. The molecule has 8 nitrogen and oxygen atoms in total. The lowest BCUT2D eigenvalue weighted by Crippen LogP contribution is -2.41. The first-order chi connectivity index (χ1) is 40.9. The normalized spacial score (nSPS) is 18.5. The summed E-state index contributed by atoms with van der Waals surface area (Å²) >= 11 is 3.61. The Balaban J connectivity index is 0.000000116. The Kier molecular flexibility index (Phi) is 12.5. The summed E-state index contributed by atoms with van der Waals surface area (Å²) in [5.74, 6) is 0. The van der Waals surface area contributed by atoms with E-state index in [9.17, 15) is 0 Å². The number of hydrogen-bond donors (Lipinski definition) is 0. The van der Waals surface area contributed by atoms with Gasteiger partial charge in [0.2, 0.25) is 0 Å². The average Bonchev–Trinajstić information content (AvgIpc) is 1.08. The van der Waals surface area contributed by atoms with Gasteiger partial charge in [-0.1, -0.05) is 125 Å². The predicted molar refractivity (Wildman–Crippen MR) is 363 cm³/mol. The van der Waals surface area contributed by atoms with Crippen molar-refractivity contribution in [2.75, 3.05) is 0 Å². The molecule has 0 bridgehead atoms. The number of halogens is 1. The van der Waals surface area contributed by atoms with Crippen LogP contribution in [0.3, 0.4) is 0 Å². The van der Waals surface area contributed by atoms with Crippen LogP contribution in [0, 0.1) is 0 Å². The van der Waals surface area contributed by atoms with Gasteiger partial charge in [0.1, 0.15) is 22.3 Å². The molecule has 12 heteroatoms. The molecule has 3 fully saturated rings. The molecule has 0 radical (unpaired) electrons. The molecular formula is C74H66B3BrO8. The lowest BCUT2D eigenvalue weighted by molar-refractivity contribution is 0.00578. The second-order valence-corrected chi connectivity index (χ2v) is 27.7. The van der Waals surface area contributed by atoms with Gasteiger partial charge >= 0.3 is 21.1 Å². The maximum absolute atomic E-state index is 6.43. The summed E-state index contributed by atoms with van der Waals surface area (Å²) in [6.07, 6.45) is 0. The molecule has 0 amide bonds. The lowest BCUT2D eigenvalue weighted by Gasteiger charge is -2.32. The number of rotatable bonds is 2. The van der Waals surface area contributed by atoms with Crippen LogP contribution in [0.1, 0.15) is 83.1 Å². The van der Waals surface area contributed by atoms with Crippen molar-refractivity contribution in [3.05, 3.63) is 186 Å². The minimum absolute atomic E-state index is 0.360. The van der Waals surface area contributed by atoms with Crippen LogP contribution in [0.2, 0.25) is 0 Å². The van der Waals surface area contributed by atoms with Crippen LogP contribution >= 0.6 is 15.9 Å². The van der Waals surface area contributed by atoms with E-state index < -0.39 is 21.1 Å². The SMILES string of the molecule is Brc1ccc2oc3cc4c5cc6ccccc6cc5c5ccccc5c4cc3c2c1.CC1(C)OB(B2OC(C)(C)C(C)(C)O2)OC1(C)C.CC1(C)OB(c2ccc3oc4cc5c6cc7ccccc7cc6c6ccccc6c5cc4c3c2)OC1(C)C. The Hall–Kier alpha value is -7.25. The summed E-state index contributed by atoms with van der Waals surface area (Å²) in [5, 5.41) is 24.6. The topological polar surface area (TPSA) is 81.7 Å². The molecule has 426 valence electrons. The van der Waals surface area contributed by atoms with Gasteiger partial charge in [0.25, 0.3) is 0 Å². The van der Waals surface area contributed by atoms with Crippen molar-refractivity contribution >= 4 is 173 Å². The van der Waals surface area contributed by atoms with Crippen LogP contribution in [-0.4, -0.2) is 54.7 Å². The van der Waals surface area contributed by atoms with E-state index in [1.807, 2.05) is 73.6 Å². The van der Waals surface area contributed by atoms with Crippen molar-refractivity contribution in [3.8, 4) is 0 Å². The van der Waals surface area contributed by atoms with Crippen molar-refractivity contribution in [2.24, 2.45) is 0 Å². The molecule has 0 aliphatic carbocycles. The molecule has 3 saturated heterocycles. The monoisotopic (exact) mass is 1190 g/mol. The number of benzene rings is 12. The third-order valence-electron chi connectivity index (χ3n) is 19.9. The quantitative estimate of drug-likeness (QED) is 0.0962. The van der Waals surface area contributed by atoms with Crippen LogP contribution in [0.5, 0.6) is 0 Å². The first-order valence-corrected chi connectivity index (χ1v) is 30.7. The lowest BCUT2D eigenvalue weighted by atomic mass is 9.49. The standard InChI is InChI=1S/C34H27BO3.C28H15BrO.C12H24B2O4/c1-33(2)34(3,4)38-35(37-33)22-13-14-31-29(17-22)30-18-27-24-12-8-7-11-23(24)25-15-20-9-5-6-10-21(20)16-26(25)28(27)19-32(30)36-31;29-18-9-10-27-25(13-18)26-14-23-20-8-4-3-7-19(20)21-11-16-5-1-2-6-17(16)12-22(21)24(23)15-28(26)30-27;1-9(2)10(3,4)16-13(15-9)14-17-11(5,6)12(7,8)18-14/h5-19H,1-4H3;1-15H;1-8H3. The highest BCUT2D eigenvalue weighted by molar-refractivity contribution is 9.10. The predicted octanol–water partition coefficient (Wildman–Crippen LogP) is 19.7. The molecule has 0 spiro atoms. The maximum Gasteiger partial charge on any atom is 0.494 e. The highest BCUT2D eigenvalue weighted by Gasteiger charge is 2.64. The molecule has 86 heavy (non-hydrogen) atoms. The third-order valence-corrected chi connectivity index (χ3v) is 20.4. The van der Waals surface area contributed by atoms with Crippen molar-refractivity contribution < 1.29 is 36.8 Å². The molecule has 12 aromatic carbocycles. The molecule has 3 aliphatic rings. The van der Waals surface area contributed by atoms with E-state index in [2.05, 4.69) is 207 Å². The van der Waals surface area contributed by atoms with Gasteiger partial charge in [0.05, 0.1) is 33.6 Å². The smallest absolute Gasteiger partial charge is 0.456 e. The summed E-state index contributed by atoms with van der Waals surface area (Å²) < 4.78 is 50.3. The summed E-state index contributed by atoms with van der Waals surface area (Å²) in [6.45, 7) is 24.6. The molecule has 0 N–H and O–H groups in total. The summed E-state index contributed by atoms with van der Waals surface area (Å²) in [6, 6.07) is 65.5. The Labute approximate surface area is 509 Å². The fourth-order valence-corrected chi connectivity index (χ4v) is 13.3. The summed E-state index contributed by atoms with van der Waals surface area (Å²) in [5.41, 5.74) is 2.41. The zero-order chi connectivity index (χ0) is 59.6. The Morgan fingerprint density at radius 3 is 0.930 bits per heavy atom. The molecule has 17 rings (SSSR count). The Bertz CT molecular complexity index is 5070. The fraction of sp³-hybridized carbons (Fsp3) is 0.243. The first-order valence-electron chi connectivity index (χ1n) is 29.9. The van der Waals surface area contributed by atoms with Crippen molar-refractivity contribution in [3.63, 3.8) is 0 Å². The van der Waals surface area contributed by atoms with E-state index in [-0.39, 0.29) is 33.6 Å². The summed E-state index contributed by atoms with van der Waals surface area (Å²) in [4.78, 5) is 0. The summed E-state index contributed by atoms with van der Waals surface area (Å²) in [7, 11) is -1.36. The second-order valence-electron chi connectivity index (χ2n) is 26.8. The van der Waals surface area contributed by atoms with E-state index in [1.54, 1.807) is 0 Å². The molecule has 14 aromatic rings. The van der Waals surface area contributed by atoms with E-state index in [0.717, 1.165) is 53.8 Å². The highest BCUT2D eigenvalue weighted by atomic mass is 79.9. The fourth-order valence-electron chi connectivity index (χ4n) is 12.9. The van der Waals surface area contributed by atoms with E-state index >= 15 is 0 Å². The van der Waals surface area contributed by atoms with Crippen LogP contribution in [0.4, 0.5) is 0 Å². The highest BCUT2D eigenvalue weighted by Crippen LogP contribution is 2.46. The zero-order valence-electron chi connectivity index (χ0n) is 50.7. The van der Waals surface area contributed by atoms with Crippen LogP contribution in [-0.2, 0) is 27.9 Å². The number of hydrogen-bond acceptors (Lipinski definition) is 8. The van der Waals surface area contributed by atoms with Gasteiger partial charge in [-0.3, -0.25) is 0 Å². The van der Waals surface area contributed by atoms with Crippen LogP contribution in [0.15, 0.2) is 195 Å². The minimum Gasteiger partial charge on any atom is -0.456 e. The molecule has 3 aliphatic heterocycles. The molecule has 0 saturated carbocycles. The zero-order valence-corrected chi connectivity index (χ0v) is 52.3. The Morgan fingerprint density at radius 2 is 0.547 bits per heavy atom. The average molecular weight is 1200 g/mol. The van der Waals surface area contributed by atoms with Gasteiger partial charge in [-0.2, -0.15) is 0 Å². The third kappa shape index (κ3) is 8.80. The maximum atomic E-state index is 6.43. The van der Waals surface area contributed by atoms with E-state index in [4.69, 9.17) is 36.8 Å². The van der Waals surface area contributed by atoms with E-state index in [1.165, 1.54) is 86.2 Å². The minimum atomic E-state index is -0.476. The molecule has 0 unspecified atom stereocenters. The van der Waals surface area contributed by atoms with E-state index in [0.29, 0.717) is 0 Å². The van der Waals surface area contributed by atoms with Gasteiger partial charge in [0, 0.05) is 26.0 Å². The van der Waals surface area contributed by atoms with Gasteiger partial charge < -0.3 is 36.8 Å². The number of furan rings is 2. The van der Waals surface area contributed by atoms with Crippen molar-refractivity contribution in [2.45, 2.75) is 117 Å².